The first-order valence-electron chi connectivity index (χ1n) is 9.90. The van der Waals surface area contributed by atoms with E-state index < -0.39 is 0 Å². The van der Waals surface area contributed by atoms with Crippen LogP contribution in [0.3, 0.4) is 0 Å². The van der Waals surface area contributed by atoms with E-state index in [0.717, 1.165) is 16.8 Å². The molecule has 2 aliphatic rings. The zero-order chi connectivity index (χ0) is 20.7. The van der Waals surface area contributed by atoms with Gasteiger partial charge in [0.25, 0.3) is 5.91 Å². The molecule has 148 valence electrons. The minimum atomic E-state index is -0.291. The Morgan fingerprint density at radius 1 is 1.00 bits per heavy atom. The van der Waals surface area contributed by atoms with Gasteiger partial charge in [-0.1, -0.05) is 25.1 Å². The van der Waals surface area contributed by atoms with E-state index in [1.807, 2.05) is 51.1 Å². The second-order valence-corrected chi connectivity index (χ2v) is 7.97. The lowest BCUT2D eigenvalue weighted by Gasteiger charge is -2.22. The van der Waals surface area contributed by atoms with Crippen LogP contribution in [0.1, 0.15) is 34.8 Å². The summed E-state index contributed by atoms with van der Waals surface area (Å²) in [5.41, 5.74) is 3.99. The highest BCUT2D eigenvalue weighted by atomic mass is 16.2. The zero-order valence-electron chi connectivity index (χ0n) is 16.8. The van der Waals surface area contributed by atoms with Crippen molar-refractivity contribution in [2.24, 2.45) is 17.8 Å². The number of hydrogen-bond acceptors (Lipinski definition) is 3. The fraction of sp³-hybridized carbons (Fsp3) is 0.292. The molecular weight excluding hydrogens is 364 g/mol. The molecule has 1 N–H and O–H groups in total. The third kappa shape index (κ3) is 3.37. The summed E-state index contributed by atoms with van der Waals surface area (Å²) in [6, 6.07) is 12.4. The first-order valence-corrected chi connectivity index (χ1v) is 9.90. The number of nitrogens with zero attached hydrogens (tertiary/aromatic N) is 1. The summed E-state index contributed by atoms with van der Waals surface area (Å²) in [6.07, 6.45) is 4.60. The maximum Gasteiger partial charge on any atom is 0.255 e. The van der Waals surface area contributed by atoms with Gasteiger partial charge in [0.05, 0.1) is 17.5 Å². The van der Waals surface area contributed by atoms with Gasteiger partial charge in [-0.05, 0) is 73.7 Å². The lowest BCUT2D eigenvalue weighted by Crippen LogP contribution is -2.31. The highest BCUT2D eigenvalue weighted by molar-refractivity contribution is 6.22. The molecule has 1 aliphatic heterocycles. The molecule has 2 aromatic carbocycles. The zero-order valence-corrected chi connectivity index (χ0v) is 16.8. The van der Waals surface area contributed by atoms with Crippen molar-refractivity contribution in [1.29, 1.82) is 0 Å². The summed E-state index contributed by atoms with van der Waals surface area (Å²) in [6.45, 7) is 5.99. The number of nitrogens with one attached hydrogen (secondary N) is 1. The molecule has 5 heteroatoms. The number of amides is 3. The van der Waals surface area contributed by atoms with Gasteiger partial charge in [-0.25, -0.2) is 0 Å². The Hall–Kier alpha value is -3.21. The van der Waals surface area contributed by atoms with Gasteiger partial charge in [-0.15, -0.1) is 0 Å². The van der Waals surface area contributed by atoms with Crippen LogP contribution in [0.25, 0.3) is 0 Å². The molecule has 4 rings (SSSR count). The Labute approximate surface area is 170 Å². The molecule has 1 saturated heterocycles. The van der Waals surface area contributed by atoms with Crippen LogP contribution in [0.5, 0.6) is 0 Å². The number of anilines is 2. The second-order valence-electron chi connectivity index (χ2n) is 7.97. The van der Waals surface area contributed by atoms with Crippen LogP contribution in [0.2, 0.25) is 0 Å². The molecule has 1 fully saturated rings. The van der Waals surface area contributed by atoms with Gasteiger partial charge in [0, 0.05) is 11.3 Å². The SMILES string of the molecule is Cc1ccc(NC(=O)c2ccc(N3C(=O)[C@@H]4[C@@H](C)C=CC[C@H]4C3=O)cc2)cc1C. The number of carbonyl (C=O) groups excluding carboxylic acids is 3. The summed E-state index contributed by atoms with van der Waals surface area (Å²) in [5, 5.41) is 2.88. The molecule has 0 aromatic heterocycles. The molecule has 3 amide bonds. The standard InChI is InChI=1S/C24H24N2O3/c1-14-7-10-18(13-16(14)3)25-22(27)17-8-11-19(12-9-17)26-23(28)20-6-4-5-15(2)21(20)24(26)29/h4-5,7-13,15,20-21H,6H2,1-3H3,(H,25,27)/t15-,20+,21+/m0/s1. The topological polar surface area (TPSA) is 66.5 Å². The van der Waals surface area contributed by atoms with Gasteiger partial charge in [0.15, 0.2) is 0 Å². The number of rotatable bonds is 3. The minimum absolute atomic E-state index is 0.0539. The van der Waals surface area contributed by atoms with E-state index in [2.05, 4.69) is 5.32 Å². The summed E-state index contributed by atoms with van der Waals surface area (Å²) < 4.78 is 0. The van der Waals surface area contributed by atoms with E-state index in [9.17, 15) is 14.4 Å². The van der Waals surface area contributed by atoms with Crippen LogP contribution in [-0.2, 0) is 9.59 Å². The van der Waals surface area contributed by atoms with Crippen LogP contribution in [0.4, 0.5) is 11.4 Å². The van der Waals surface area contributed by atoms with Crippen molar-refractivity contribution in [2.75, 3.05) is 10.2 Å². The smallest absolute Gasteiger partial charge is 0.255 e. The van der Waals surface area contributed by atoms with Crippen molar-refractivity contribution in [2.45, 2.75) is 27.2 Å². The molecule has 5 nitrogen and oxygen atoms in total. The van der Waals surface area contributed by atoms with E-state index in [4.69, 9.17) is 0 Å². The number of allylic oxidation sites excluding steroid dienone is 2. The van der Waals surface area contributed by atoms with E-state index >= 15 is 0 Å². The van der Waals surface area contributed by atoms with Gasteiger partial charge >= 0.3 is 0 Å². The largest absolute Gasteiger partial charge is 0.322 e. The molecule has 1 aliphatic carbocycles. The van der Waals surface area contributed by atoms with Crippen LogP contribution in [0, 0.1) is 31.6 Å². The molecule has 0 unspecified atom stereocenters. The first-order chi connectivity index (χ1) is 13.9. The van der Waals surface area contributed by atoms with Crippen molar-refractivity contribution in [1.82, 2.24) is 0 Å². The molecule has 3 atom stereocenters. The maximum atomic E-state index is 12.9. The quantitative estimate of drug-likeness (QED) is 0.631. The van der Waals surface area contributed by atoms with Gasteiger partial charge in [0.1, 0.15) is 0 Å². The maximum absolute atomic E-state index is 12.9. The second kappa shape index (κ2) is 7.32. The third-order valence-electron chi connectivity index (χ3n) is 6.03. The van der Waals surface area contributed by atoms with Gasteiger partial charge < -0.3 is 5.32 Å². The third-order valence-corrected chi connectivity index (χ3v) is 6.03. The lowest BCUT2D eigenvalue weighted by atomic mass is 9.78. The minimum Gasteiger partial charge on any atom is -0.322 e. The Balaban J connectivity index is 1.52. The predicted octanol–water partition coefficient (Wildman–Crippen LogP) is 4.26. The lowest BCUT2D eigenvalue weighted by molar-refractivity contribution is -0.122. The van der Waals surface area contributed by atoms with Crippen molar-refractivity contribution in [3.63, 3.8) is 0 Å². The first kappa shape index (κ1) is 19.1. The van der Waals surface area contributed by atoms with Crippen LogP contribution in [0.15, 0.2) is 54.6 Å². The van der Waals surface area contributed by atoms with Crippen molar-refractivity contribution in [3.05, 3.63) is 71.3 Å². The summed E-state index contributed by atoms with van der Waals surface area (Å²) in [7, 11) is 0. The summed E-state index contributed by atoms with van der Waals surface area (Å²) in [4.78, 5) is 39.5. The average molecular weight is 388 g/mol. The normalized spacial score (nSPS) is 23.3. The van der Waals surface area contributed by atoms with Crippen molar-refractivity contribution < 1.29 is 14.4 Å². The van der Waals surface area contributed by atoms with E-state index in [0.29, 0.717) is 17.7 Å². The van der Waals surface area contributed by atoms with Gasteiger partial charge in [-0.3, -0.25) is 19.3 Å². The van der Waals surface area contributed by atoms with E-state index in [1.54, 1.807) is 24.3 Å². The van der Waals surface area contributed by atoms with E-state index in [-0.39, 0.29) is 35.5 Å². The fourth-order valence-corrected chi connectivity index (χ4v) is 4.19. The number of hydrogen-bond donors (Lipinski definition) is 1. The molecule has 29 heavy (non-hydrogen) atoms. The highest BCUT2D eigenvalue weighted by Gasteiger charge is 2.50. The number of imide groups is 1. The van der Waals surface area contributed by atoms with Crippen molar-refractivity contribution in [3.8, 4) is 0 Å². The highest BCUT2D eigenvalue weighted by Crippen LogP contribution is 2.40. The Bertz CT molecular complexity index is 1020. The monoisotopic (exact) mass is 388 g/mol. The predicted molar refractivity (Wildman–Crippen MR) is 113 cm³/mol. The number of benzene rings is 2. The van der Waals surface area contributed by atoms with Gasteiger partial charge in [-0.2, -0.15) is 0 Å². The Morgan fingerprint density at radius 3 is 2.38 bits per heavy atom. The van der Waals surface area contributed by atoms with Gasteiger partial charge in [0.2, 0.25) is 11.8 Å². The van der Waals surface area contributed by atoms with Crippen LogP contribution >= 0.6 is 0 Å². The summed E-state index contributed by atoms with van der Waals surface area (Å²) in [5.74, 6) is -1.05. The summed E-state index contributed by atoms with van der Waals surface area (Å²) >= 11 is 0. The molecule has 2 aromatic rings. The molecule has 0 saturated carbocycles. The molecule has 1 heterocycles. The van der Waals surface area contributed by atoms with E-state index in [1.165, 1.54) is 4.90 Å². The number of aryl methyl sites for hydroxylation is 2. The molecule has 0 bridgehead atoms. The van der Waals surface area contributed by atoms with Crippen molar-refractivity contribution >= 4 is 29.1 Å². The number of fused-ring (bicyclic) bond motifs is 1. The molecule has 0 spiro atoms. The number of carbonyl (C=O) groups is 3. The molecular formula is C24H24N2O3. The Morgan fingerprint density at radius 2 is 1.72 bits per heavy atom. The fourth-order valence-electron chi connectivity index (χ4n) is 4.19. The van der Waals surface area contributed by atoms with Crippen LogP contribution < -0.4 is 10.2 Å². The van der Waals surface area contributed by atoms with Crippen LogP contribution in [-0.4, -0.2) is 17.7 Å². The Kier molecular flexibility index (Phi) is 4.82. The molecule has 0 radical (unpaired) electrons. The average Bonchev–Trinajstić information content (AvgIpc) is 2.96.